The molecule has 2 heterocycles. The van der Waals surface area contributed by atoms with Gasteiger partial charge < -0.3 is 9.73 Å². The third-order valence-electron chi connectivity index (χ3n) is 1.75. The van der Waals surface area contributed by atoms with Gasteiger partial charge in [-0.3, -0.25) is 0 Å². The summed E-state index contributed by atoms with van der Waals surface area (Å²) in [6.45, 7) is 2.50. The van der Waals surface area contributed by atoms with Crippen molar-refractivity contribution in [2.24, 2.45) is 0 Å². The van der Waals surface area contributed by atoms with Gasteiger partial charge in [-0.1, -0.05) is 0 Å². The van der Waals surface area contributed by atoms with Crippen molar-refractivity contribution in [3.8, 4) is 0 Å². The molecule has 0 aliphatic carbocycles. The fourth-order valence-corrected chi connectivity index (χ4v) is 1.70. The van der Waals surface area contributed by atoms with Crippen LogP contribution in [0.1, 0.15) is 11.5 Å². The van der Waals surface area contributed by atoms with Crippen LogP contribution in [0.15, 0.2) is 27.2 Å². The normalized spacial score (nSPS) is 10.6. The van der Waals surface area contributed by atoms with Crippen molar-refractivity contribution in [3.05, 3.63) is 23.8 Å². The minimum Gasteiger partial charge on any atom is -0.416 e. The smallest absolute Gasteiger partial charge is 0.284 e. The van der Waals surface area contributed by atoms with Crippen LogP contribution in [0.25, 0.3) is 0 Å². The van der Waals surface area contributed by atoms with E-state index >= 15 is 0 Å². The largest absolute Gasteiger partial charge is 0.416 e. The number of aromatic nitrogens is 4. The lowest BCUT2D eigenvalue weighted by Crippen LogP contribution is -2.05. The highest BCUT2D eigenvalue weighted by Gasteiger charge is 2.06. The highest BCUT2D eigenvalue weighted by molar-refractivity contribution is 7.98. The van der Waals surface area contributed by atoms with Gasteiger partial charge in [0.05, 0.1) is 0 Å². The minimum atomic E-state index is 0.457. The Balaban J connectivity index is 2.05. The van der Waals surface area contributed by atoms with Crippen LogP contribution >= 0.6 is 11.8 Å². The van der Waals surface area contributed by atoms with E-state index in [-0.39, 0.29) is 0 Å². The lowest BCUT2D eigenvalue weighted by Gasteiger charge is -1.99. The Morgan fingerprint density at radius 3 is 2.62 bits per heavy atom. The van der Waals surface area contributed by atoms with Gasteiger partial charge in [0, 0.05) is 43.2 Å². The van der Waals surface area contributed by atoms with E-state index in [2.05, 4.69) is 25.5 Å². The predicted molar refractivity (Wildman–Crippen MR) is 58.0 cm³/mol. The van der Waals surface area contributed by atoms with Crippen molar-refractivity contribution in [3.63, 3.8) is 0 Å². The van der Waals surface area contributed by atoms with Gasteiger partial charge in [0.1, 0.15) is 0 Å². The molecule has 0 spiro atoms. The summed E-state index contributed by atoms with van der Waals surface area (Å²) in [6.07, 6.45) is 3.55. The zero-order valence-corrected chi connectivity index (χ0v) is 9.78. The molecule has 1 N–H and O–H groups in total. The fourth-order valence-electron chi connectivity index (χ4n) is 1.09. The summed E-state index contributed by atoms with van der Waals surface area (Å²) in [5.41, 5.74) is 1.04. The van der Waals surface area contributed by atoms with Gasteiger partial charge in [0.25, 0.3) is 5.22 Å². The molecule has 0 saturated heterocycles. The van der Waals surface area contributed by atoms with Crippen LogP contribution in [-0.4, -0.2) is 27.2 Å². The SMILES string of the molecule is CNCc1cnc(Sc2nnc(C)o2)nc1. The summed E-state index contributed by atoms with van der Waals surface area (Å²) in [7, 11) is 1.88. The predicted octanol–water partition coefficient (Wildman–Crippen LogP) is 1.04. The standard InChI is InChI=1S/C9H11N5OS/c1-6-13-14-9(15-6)16-8-11-4-7(3-10-2)5-12-8/h4-5,10H,3H2,1-2H3. The molecule has 6 nitrogen and oxygen atoms in total. The minimum absolute atomic E-state index is 0.457. The third-order valence-corrected chi connectivity index (χ3v) is 2.48. The second-order valence-electron chi connectivity index (χ2n) is 3.09. The molecule has 2 rings (SSSR count). The Labute approximate surface area is 96.9 Å². The van der Waals surface area contributed by atoms with Crippen molar-refractivity contribution in [1.29, 1.82) is 0 Å². The first-order chi connectivity index (χ1) is 7.78. The van der Waals surface area contributed by atoms with Crippen LogP contribution < -0.4 is 5.32 Å². The highest BCUT2D eigenvalue weighted by Crippen LogP contribution is 2.22. The Kier molecular flexibility index (Phi) is 3.47. The Bertz CT molecular complexity index is 455. The molecule has 2 aromatic heterocycles. The Morgan fingerprint density at radius 1 is 1.31 bits per heavy atom. The molecular weight excluding hydrogens is 226 g/mol. The number of nitrogens with one attached hydrogen (secondary N) is 1. The van der Waals surface area contributed by atoms with Crippen LogP contribution in [-0.2, 0) is 6.54 Å². The molecule has 0 fully saturated rings. The molecule has 0 amide bonds. The number of nitrogens with zero attached hydrogens (tertiary/aromatic N) is 4. The molecule has 0 unspecified atom stereocenters. The summed E-state index contributed by atoms with van der Waals surface area (Å²) in [5.74, 6) is 0.536. The Hall–Kier alpha value is -1.47. The maximum absolute atomic E-state index is 5.21. The van der Waals surface area contributed by atoms with Crippen molar-refractivity contribution >= 4 is 11.8 Å². The van der Waals surface area contributed by atoms with E-state index in [1.807, 2.05) is 7.05 Å². The molecule has 0 radical (unpaired) electrons. The van der Waals surface area contributed by atoms with Crippen molar-refractivity contribution < 1.29 is 4.42 Å². The number of hydrogen-bond acceptors (Lipinski definition) is 7. The molecular formula is C9H11N5OS. The van der Waals surface area contributed by atoms with Gasteiger partial charge in [-0.2, -0.15) is 0 Å². The van der Waals surface area contributed by atoms with Crippen LogP contribution in [0, 0.1) is 6.92 Å². The number of aryl methyl sites for hydroxylation is 1. The zero-order chi connectivity index (χ0) is 11.4. The van der Waals surface area contributed by atoms with E-state index in [0.717, 1.165) is 12.1 Å². The van der Waals surface area contributed by atoms with Crippen LogP contribution in [0.5, 0.6) is 0 Å². The average molecular weight is 237 g/mol. The molecule has 0 saturated carbocycles. The molecule has 16 heavy (non-hydrogen) atoms. The summed E-state index contributed by atoms with van der Waals surface area (Å²) in [5, 5.41) is 11.7. The lowest BCUT2D eigenvalue weighted by atomic mass is 10.3. The van der Waals surface area contributed by atoms with E-state index in [0.29, 0.717) is 16.3 Å². The molecule has 2 aromatic rings. The van der Waals surface area contributed by atoms with Crippen molar-refractivity contribution in [2.45, 2.75) is 23.8 Å². The summed E-state index contributed by atoms with van der Waals surface area (Å²) >= 11 is 1.25. The average Bonchev–Trinajstić information content (AvgIpc) is 2.67. The van der Waals surface area contributed by atoms with E-state index in [9.17, 15) is 0 Å². The summed E-state index contributed by atoms with van der Waals surface area (Å²) < 4.78 is 5.21. The molecule has 0 atom stereocenters. The van der Waals surface area contributed by atoms with Gasteiger partial charge in [0.15, 0.2) is 5.16 Å². The van der Waals surface area contributed by atoms with Gasteiger partial charge in [-0.05, 0) is 7.05 Å². The third kappa shape index (κ3) is 2.77. The maximum atomic E-state index is 5.21. The molecule has 84 valence electrons. The number of hydrogen-bond donors (Lipinski definition) is 1. The van der Waals surface area contributed by atoms with Gasteiger partial charge in [0.2, 0.25) is 5.89 Å². The second kappa shape index (κ2) is 5.04. The van der Waals surface area contributed by atoms with Crippen LogP contribution in [0.4, 0.5) is 0 Å². The molecule has 0 bridgehead atoms. The van der Waals surface area contributed by atoms with E-state index in [1.165, 1.54) is 11.8 Å². The summed E-state index contributed by atoms with van der Waals surface area (Å²) in [6, 6.07) is 0. The molecule has 0 aromatic carbocycles. The number of rotatable bonds is 4. The van der Waals surface area contributed by atoms with E-state index in [1.54, 1.807) is 19.3 Å². The molecule has 0 aliphatic heterocycles. The molecule has 7 heteroatoms. The van der Waals surface area contributed by atoms with Gasteiger partial charge in [-0.25, -0.2) is 9.97 Å². The molecule has 0 aliphatic rings. The zero-order valence-electron chi connectivity index (χ0n) is 8.97. The van der Waals surface area contributed by atoms with Crippen molar-refractivity contribution in [2.75, 3.05) is 7.05 Å². The lowest BCUT2D eigenvalue weighted by molar-refractivity contribution is 0.429. The van der Waals surface area contributed by atoms with Gasteiger partial charge >= 0.3 is 0 Å². The van der Waals surface area contributed by atoms with Crippen molar-refractivity contribution in [1.82, 2.24) is 25.5 Å². The van der Waals surface area contributed by atoms with Crippen LogP contribution in [0.3, 0.4) is 0 Å². The van der Waals surface area contributed by atoms with E-state index in [4.69, 9.17) is 4.42 Å². The first-order valence-corrected chi connectivity index (χ1v) is 5.53. The first-order valence-electron chi connectivity index (χ1n) is 4.71. The fraction of sp³-hybridized carbons (Fsp3) is 0.333. The highest BCUT2D eigenvalue weighted by atomic mass is 32.2. The quantitative estimate of drug-likeness (QED) is 0.796. The monoisotopic (exact) mass is 237 g/mol. The van der Waals surface area contributed by atoms with Crippen LogP contribution in [0.2, 0.25) is 0 Å². The topological polar surface area (TPSA) is 76.7 Å². The Morgan fingerprint density at radius 2 is 2.06 bits per heavy atom. The van der Waals surface area contributed by atoms with Gasteiger partial charge in [-0.15, -0.1) is 10.2 Å². The maximum Gasteiger partial charge on any atom is 0.284 e. The first kappa shape index (κ1) is 11.0. The second-order valence-corrected chi connectivity index (χ2v) is 4.01. The summed E-state index contributed by atoms with van der Waals surface area (Å²) in [4.78, 5) is 8.37. The van der Waals surface area contributed by atoms with E-state index < -0.39 is 0 Å².